The van der Waals surface area contributed by atoms with E-state index in [4.69, 9.17) is 9.47 Å². The Labute approximate surface area is 262 Å². The van der Waals surface area contributed by atoms with Gasteiger partial charge in [0.1, 0.15) is 36.7 Å². The first-order valence-electron chi connectivity index (χ1n) is 14.5. The SMILES string of the molecule is CNc1ncnc(N(C)C)c1Cc1cc(CO)cc(COCn2cc(-c3cccc(COC=O)c3)c3c(N(C)C)[nH+]cnc32)c1. The average molecular weight is 612 g/mol. The highest BCUT2D eigenvalue weighted by atomic mass is 16.5. The summed E-state index contributed by atoms with van der Waals surface area (Å²) in [4.78, 5) is 31.6. The lowest BCUT2D eigenvalue weighted by atomic mass is 10.00. The molecule has 12 nitrogen and oxygen atoms in total. The molecule has 5 aromatic rings. The Hall–Kier alpha value is -5.07. The summed E-state index contributed by atoms with van der Waals surface area (Å²) in [5.41, 5.74) is 7.35. The molecule has 0 fully saturated rings. The second kappa shape index (κ2) is 14.1. The van der Waals surface area contributed by atoms with Gasteiger partial charge in [0.25, 0.3) is 6.47 Å². The number of fused-ring (bicyclic) bond motifs is 1. The van der Waals surface area contributed by atoms with Crippen LogP contribution in [0.2, 0.25) is 0 Å². The lowest BCUT2D eigenvalue weighted by molar-refractivity contribution is -0.366. The predicted octanol–water partition coefficient (Wildman–Crippen LogP) is 3.41. The first-order valence-corrected chi connectivity index (χ1v) is 14.5. The van der Waals surface area contributed by atoms with E-state index >= 15 is 0 Å². The molecule has 0 radical (unpaired) electrons. The Balaban J connectivity index is 1.42. The van der Waals surface area contributed by atoms with Crippen LogP contribution in [0.15, 0.2) is 61.3 Å². The van der Waals surface area contributed by atoms with Gasteiger partial charge in [-0.2, -0.15) is 0 Å². The Kier molecular flexibility index (Phi) is 9.86. The van der Waals surface area contributed by atoms with Crippen molar-refractivity contribution >= 4 is 35.0 Å². The molecule has 3 heterocycles. The molecule has 3 aromatic heterocycles. The van der Waals surface area contributed by atoms with Crippen molar-refractivity contribution in [2.24, 2.45) is 0 Å². The van der Waals surface area contributed by atoms with Gasteiger partial charge in [-0.3, -0.25) is 14.3 Å². The molecule has 0 aliphatic heterocycles. The molecule has 0 unspecified atom stereocenters. The van der Waals surface area contributed by atoms with Crippen LogP contribution in [0.5, 0.6) is 0 Å². The molecule has 0 atom stereocenters. The average Bonchev–Trinajstić information content (AvgIpc) is 3.42. The third-order valence-corrected chi connectivity index (χ3v) is 7.44. The summed E-state index contributed by atoms with van der Waals surface area (Å²) in [6, 6.07) is 14.0. The van der Waals surface area contributed by atoms with E-state index in [2.05, 4.69) is 31.3 Å². The van der Waals surface area contributed by atoms with Crippen LogP contribution in [0.25, 0.3) is 22.2 Å². The highest BCUT2D eigenvalue weighted by Crippen LogP contribution is 2.34. The van der Waals surface area contributed by atoms with Crippen molar-refractivity contribution in [1.82, 2.24) is 19.5 Å². The number of aromatic nitrogens is 5. The molecular formula is C33H39N8O4+. The summed E-state index contributed by atoms with van der Waals surface area (Å²) in [6.45, 7) is 1.16. The molecule has 0 amide bonds. The molecule has 0 saturated heterocycles. The lowest BCUT2D eigenvalue weighted by Crippen LogP contribution is -2.21. The van der Waals surface area contributed by atoms with Crippen molar-refractivity contribution in [3.63, 3.8) is 0 Å². The first-order chi connectivity index (χ1) is 21.8. The number of nitrogens with one attached hydrogen (secondary N) is 2. The maximum Gasteiger partial charge on any atom is 0.293 e. The molecule has 3 N–H and O–H groups in total. The molecule has 2 aromatic carbocycles. The number of benzene rings is 2. The summed E-state index contributed by atoms with van der Waals surface area (Å²) in [6.07, 6.45) is 5.85. The molecule has 12 heteroatoms. The molecule has 0 spiro atoms. The maximum absolute atomic E-state index is 10.8. The number of hydrogen-bond acceptors (Lipinski definition) is 10. The Morgan fingerprint density at radius 2 is 1.78 bits per heavy atom. The highest BCUT2D eigenvalue weighted by Gasteiger charge is 2.22. The molecule has 0 bridgehead atoms. The van der Waals surface area contributed by atoms with Crippen LogP contribution < -0.4 is 20.1 Å². The standard InChI is InChI=1S/C33H38N8O4/c1-34-30-27(31(39(2)3)36-18-35-30)13-23-9-24(15-42)11-25(10-23)17-44-20-41-14-28(26-8-6-7-22(12-26)16-45-21-43)29-32(40(4)5)37-19-38-33(29)41/h6-12,14,18-19,21,42H,13,15-17,20H2,1-5H3,(H,34,35,36)/p+1. The summed E-state index contributed by atoms with van der Waals surface area (Å²) in [5, 5.41) is 14.2. The number of aliphatic hydroxyl groups is 1. The largest absolute Gasteiger partial charge is 0.463 e. The van der Waals surface area contributed by atoms with Crippen molar-refractivity contribution in [3.05, 3.63) is 89.1 Å². The zero-order valence-electron chi connectivity index (χ0n) is 26.2. The van der Waals surface area contributed by atoms with Crippen LogP contribution in [0.3, 0.4) is 0 Å². The Bertz CT molecular complexity index is 1790. The van der Waals surface area contributed by atoms with Crippen molar-refractivity contribution in [2.75, 3.05) is 50.4 Å². The van der Waals surface area contributed by atoms with Crippen LogP contribution in [-0.4, -0.2) is 66.3 Å². The van der Waals surface area contributed by atoms with Crippen LogP contribution in [0.1, 0.15) is 27.8 Å². The quantitative estimate of drug-likeness (QED) is 0.180. The number of hydrogen-bond donors (Lipinski definition) is 2. The van der Waals surface area contributed by atoms with Gasteiger partial charge >= 0.3 is 0 Å². The number of aromatic amines is 1. The van der Waals surface area contributed by atoms with Gasteiger partial charge in [-0.15, -0.1) is 0 Å². The minimum Gasteiger partial charge on any atom is -0.463 e. The van der Waals surface area contributed by atoms with Crippen LogP contribution in [0, 0.1) is 0 Å². The summed E-state index contributed by atoms with van der Waals surface area (Å²) in [5.74, 6) is 2.51. The van der Waals surface area contributed by atoms with E-state index in [-0.39, 0.29) is 19.9 Å². The molecule has 0 aliphatic rings. The number of nitrogens with zero attached hydrogens (tertiary/aromatic N) is 6. The van der Waals surface area contributed by atoms with E-state index in [1.807, 2.05) is 92.2 Å². The minimum atomic E-state index is -0.0815. The van der Waals surface area contributed by atoms with E-state index in [9.17, 15) is 9.90 Å². The van der Waals surface area contributed by atoms with Gasteiger partial charge in [0.05, 0.1) is 27.3 Å². The maximum atomic E-state index is 10.8. The van der Waals surface area contributed by atoms with Crippen molar-refractivity contribution in [3.8, 4) is 11.1 Å². The first kappa shape index (κ1) is 31.4. The Morgan fingerprint density at radius 3 is 2.51 bits per heavy atom. The normalized spacial score (nSPS) is 11.1. The van der Waals surface area contributed by atoms with Crippen molar-refractivity contribution < 1.29 is 24.4 Å². The Morgan fingerprint density at radius 1 is 0.978 bits per heavy atom. The topological polar surface area (TPSA) is 132 Å². The number of ether oxygens (including phenoxy) is 2. The van der Waals surface area contributed by atoms with Crippen LogP contribution in [0.4, 0.5) is 17.5 Å². The number of aliphatic hydroxyl groups excluding tert-OH is 1. The summed E-state index contributed by atoms with van der Waals surface area (Å²) >= 11 is 0. The van der Waals surface area contributed by atoms with Gasteiger partial charge < -0.3 is 24.8 Å². The van der Waals surface area contributed by atoms with Crippen molar-refractivity contribution in [2.45, 2.75) is 33.0 Å². The fourth-order valence-electron chi connectivity index (χ4n) is 5.52. The monoisotopic (exact) mass is 611 g/mol. The molecule has 45 heavy (non-hydrogen) atoms. The second-order valence-corrected chi connectivity index (χ2v) is 11.1. The van der Waals surface area contributed by atoms with Gasteiger partial charge in [-0.05, 0) is 33.9 Å². The number of carbonyl (C=O) groups excluding carboxylic acids is 1. The fourth-order valence-corrected chi connectivity index (χ4v) is 5.52. The third-order valence-electron chi connectivity index (χ3n) is 7.44. The van der Waals surface area contributed by atoms with Crippen LogP contribution >= 0.6 is 0 Å². The number of rotatable bonds is 14. The zero-order chi connectivity index (χ0) is 31.9. The van der Waals surface area contributed by atoms with Gasteiger partial charge in [0.15, 0.2) is 0 Å². The second-order valence-electron chi connectivity index (χ2n) is 11.1. The molecular weight excluding hydrogens is 572 g/mol. The lowest BCUT2D eigenvalue weighted by Gasteiger charge is -2.19. The zero-order valence-corrected chi connectivity index (χ0v) is 26.2. The molecule has 5 rings (SSSR count). The number of anilines is 3. The van der Waals surface area contributed by atoms with Crippen molar-refractivity contribution in [1.29, 1.82) is 0 Å². The fraction of sp³-hybridized carbons (Fsp3) is 0.303. The molecule has 234 valence electrons. The van der Waals surface area contributed by atoms with E-state index < -0.39 is 0 Å². The van der Waals surface area contributed by atoms with Gasteiger partial charge in [-0.25, -0.2) is 15.0 Å². The minimum absolute atomic E-state index is 0.0815. The van der Waals surface area contributed by atoms with Crippen LogP contribution in [-0.2, 0) is 47.2 Å². The number of carbonyl (C=O) groups is 1. The summed E-state index contributed by atoms with van der Waals surface area (Å²) < 4.78 is 13.2. The van der Waals surface area contributed by atoms with E-state index in [0.29, 0.717) is 19.5 Å². The smallest absolute Gasteiger partial charge is 0.293 e. The predicted molar refractivity (Wildman–Crippen MR) is 173 cm³/mol. The van der Waals surface area contributed by atoms with Gasteiger partial charge in [0.2, 0.25) is 17.8 Å². The third kappa shape index (κ3) is 7.03. The molecule has 0 saturated carbocycles. The van der Waals surface area contributed by atoms with E-state index in [0.717, 1.165) is 67.4 Å². The van der Waals surface area contributed by atoms with E-state index in [1.165, 1.54) is 0 Å². The van der Waals surface area contributed by atoms with Gasteiger partial charge in [-0.1, -0.05) is 41.4 Å². The summed E-state index contributed by atoms with van der Waals surface area (Å²) in [7, 11) is 9.71. The van der Waals surface area contributed by atoms with E-state index in [1.54, 1.807) is 12.7 Å². The molecule has 0 aliphatic carbocycles. The number of H-pyrrole nitrogens is 1. The highest BCUT2D eigenvalue weighted by molar-refractivity contribution is 6.00. The van der Waals surface area contributed by atoms with Gasteiger partial charge in [0, 0.05) is 44.9 Å².